The number of furan rings is 1. The predicted octanol–water partition coefficient (Wildman–Crippen LogP) is 4.23. The quantitative estimate of drug-likeness (QED) is 0.485. The third kappa shape index (κ3) is 3.25. The molecule has 3 aromatic rings. The molecule has 5 heteroatoms. The third-order valence-corrected chi connectivity index (χ3v) is 5.19. The molecule has 3 nitrogen and oxygen atoms in total. The number of rotatable bonds is 3. The normalized spacial score (nSPS) is 11.3. The van der Waals surface area contributed by atoms with E-state index in [9.17, 15) is 5.26 Å². The van der Waals surface area contributed by atoms with Gasteiger partial charge in [0.1, 0.15) is 0 Å². The van der Waals surface area contributed by atoms with Gasteiger partial charge in [-0.15, -0.1) is 0 Å². The first kappa shape index (κ1) is 14.1. The van der Waals surface area contributed by atoms with E-state index in [4.69, 9.17) is 4.42 Å². The zero-order valence-corrected chi connectivity index (χ0v) is 14.1. The van der Waals surface area contributed by atoms with Gasteiger partial charge in [-0.1, -0.05) is 0 Å². The topological polar surface area (TPSA) is 49.8 Å². The van der Waals surface area contributed by atoms with Crippen LogP contribution in [0.25, 0.3) is 22.9 Å². The Morgan fingerprint density at radius 1 is 1.29 bits per heavy atom. The van der Waals surface area contributed by atoms with Crippen LogP contribution in [-0.2, 0) is 0 Å². The van der Waals surface area contributed by atoms with Crippen LogP contribution in [0.1, 0.15) is 10.3 Å². The fourth-order valence-electron chi connectivity index (χ4n) is 1.81. The van der Waals surface area contributed by atoms with Crippen LogP contribution >= 0.6 is 15.9 Å². The van der Waals surface area contributed by atoms with Gasteiger partial charge in [-0.3, -0.25) is 0 Å². The maximum atomic E-state index is 9.32. The molecule has 0 spiro atoms. The summed E-state index contributed by atoms with van der Waals surface area (Å²) in [6.45, 7) is 0. The van der Waals surface area contributed by atoms with Gasteiger partial charge in [-0.05, 0) is 0 Å². The van der Waals surface area contributed by atoms with Crippen LogP contribution in [0.4, 0.5) is 0 Å². The summed E-state index contributed by atoms with van der Waals surface area (Å²) < 4.78 is 7.12. The van der Waals surface area contributed by atoms with E-state index in [1.54, 1.807) is 18.4 Å². The van der Waals surface area contributed by atoms with Crippen molar-refractivity contribution < 1.29 is 4.42 Å². The van der Waals surface area contributed by atoms with Crippen LogP contribution in [0.3, 0.4) is 0 Å². The monoisotopic (exact) mass is 404 g/mol. The molecule has 0 unspecified atom stereocenters. The van der Waals surface area contributed by atoms with E-state index in [0.29, 0.717) is 11.3 Å². The molecule has 0 saturated carbocycles. The van der Waals surface area contributed by atoms with Crippen LogP contribution in [0, 0.1) is 11.3 Å². The van der Waals surface area contributed by atoms with Crippen molar-refractivity contribution in [2.75, 3.05) is 0 Å². The fraction of sp³-hybridized carbons (Fsp3) is 0. The number of benzene rings is 1. The van der Waals surface area contributed by atoms with Crippen LogP contribution in [0.15, 0.2) is 56.5 Å². The Labute approximate surface area is 136 Å². The minimum absolute atomic E-state index is 0.0660. The first-order chi connectivity index (χ1) is 10.3. The predicted molar refractivity (Wildman–Crippen MR) is 86.5 cm³/mol. The number of nitriles is 1. The summed E-state index contributed by atoms with van der Waals surface area (Å²) in [6.07, 6.45) is 3.33. The molecule has 2 aromatic heterocycles. The Bertz CT molecular complexity index is 811. The molecule has 0 aliphatic rings. The van der Waals surface area contributed by atoms with Crippen molar-refractivity contribution in [1.82, 2.24) is 4.98 Å². The Morgan fingerprint density at radius 3 is 2.76 bits per heavy atom. The fourth-order valence-corrected chi connectivity index (χ4v) is 3.74. The molecule has 102 valence electrons. The third-order valence-electron chi connectivity index (χ3n) is 2.82. The summed E-state index contributed by atoms with van der Waals surface area (Å²) in [7, 11) is 0. The van der Waals surface area contributed by atoms with E-state index in [2.05, 4.69) is 31.9 Å². The second-order valence-corrected chi connectivity index (χ2v) is 6.95. The van der Waals surface area contributed by atoms with Gasteiger partial charge in [0.15, 0.2) is 0 Å². The molecule has 0 atom stereocenters. The summed E-state index contributed by atoms with van der Waals surface area (Å²) in [4.78, 5) is 6.69. The minimum atomic E-state index is 0.0660. The molecule has 3 rings (SSSR count). The number of halogens is 1. The molecule has 0 aliphatic carbocycles. The molecular weight excluding hydrogens is 395 g/mol. The molecule has 0 aliphatic heterocycles. The maximum absolute atomic E-state index is 9.32. The van der Waals surface area contributed by atoms with E-state index in [-0.39, 0.29) is 14.5 Å². The van der Waals surface area contributed by atoms with Gasteiger partial charge < -0.3 is 0 Å². The van der Waals surface area contributed by atoms with Crippen LogP contribution in [0.5, 0.6) is 0 Å². The Morgan fingerprint density at radius 2 is 2.10 bits per heavy atom. The summed E-state index contributed by atoms with van der Waals surface area (Å²) >= 11 is 3.49. The van der Waals surface area contributed by atoms with Crippen LogP contribution in [-0.4, -0.2) is 19.5 Å². The summed E-state index contributed by atoms with van der Waals surface area (Å²) in [5.41, 5.74) is 2.55. The Balaban J connectivity index is 1.94. The SMILES string of the molecule is N#C/C(=C\c1ccco1)c1nc(-c2ccc(Br)cc2)c[se]1. The van der Waals surface area contributed by atoms with Gasteiger partial charge in [0, 0.05) is 0 Å². The number of allylic oxidation sites excluding steroid dienone is 1. The second kappa shape index (κ2) is 6.28. The molecule has 1 aromatic carbocycles. The number of hydrogen-bond donors (Lipinski definition) is 0. The summed E-state index contributed by atoms with van der Waals surface area (Å²) in [5.74, 6) is 0.669. The van der Waals surface area contributed by atoms with Gasteiger partial charge >= 0.3 is 136 Å². The molecule has 21 heavy (non-hydrogen) atoms. The van der Waals surface area contributed by atoms with Gasteiger partial charge in [0.05, 0.1) is 0 Å². The van der Waals surface area contributed by atoms with E-state index < -0.39 is 0 Å². The second-order valence-electron chi connectivity index (χ2n) is 4.23. The van der Waals surface area contributed by atoms with E-state index in [0.717, 1.165) is 20.3 Å². The molecule has 0 bridgehead atoms. The van der Waals surface area contributed by atoms with E-state index in [1.807, 2.05) is 30.3 Å². The van der Waals surface area contributed by atoms with E-state index in [1.165, 1.54) is 0 Å². The molecule has 0 N–H and O–H groups in total. The average molecular weight is 404 g/mol. The average Bonchev–Trinajstić information content (AvgIpc) is 3.17. The van der Waals surface area contributed by atoms with Crippen LogP contribution < -0.4 is 0 Å². The molecule has 0 fully saturated rings. The Hall–Kier alpha value is -1.86. The molecular formula is C16H9BrN2OSe. The van der Waals surface area contributed by atoms with Crippen LogP contribution in [0.2, 0.25) is 0 Å². The van der Waals surface area contributed by atoms with Crippen molar-refractivity contribution in [2.24, 2.45) is 0 Å². The van der Waals surface area contributed by atoms with Crippen molar-refractivity contribution in [2.45, 2.75) is 0 Å². The molecule has 2 heterocycles. The first-order valence-electron chi connectivity index (χ1n) is 6.13. The van der Waals surface area contributed by atoms with Gasteiger partial charge in [-0.2, -0.15) is 0 Å². The Kier molecular flexibility index (Phi) is 4.21. The standard InChI is InChI=1S/C16H9BrN2OSe/c17-13-5-3-11(4-6-13)15-10-21-16(19-15)12(9-18)8-14-2-1-7-20-14/h1-8,10H/b12-8+. The van der Waals surface area contributed by atoms with Gasteiger partial charge in [-0.25, -0.2) is 0 Å². The van der Waals surface area contributed by atoms with Crippen molar-refractivity contribution in [3.8, 4) is 17.3 Å². The van der Waals surface area contributed by atoms with Gasteiger partial charge in [0.25, 0.3) is 0 Å². The molecule has 0 saturated heterocycles. The van der Waals surface area contributed by atoms with Crippen molar-refractivity contribution in [1.29, 1.82) is 5.26 Å². The number of hydrogen-bond acceptors (Lipinski definition) is 3. The zero-order chi connectivity index (χ0) is 14.7. The van der Waals surface area contributed by atoms with Crippen molar-refractivity contribution >= 4 is 42.1 Å². The number of aromatic nitrogens is 1. The van der Waals surface area contributed by atoms with Crippen molar-refractivity contribution in [3.05, 3.63) is 62.4 Å². The molecule has 0 amide bonds. The summed E-state index contributed by atoms with van der Waals surface area (Å²) in [5, 5.41) is 9.32. The number of nitrogens with zero attached hydrogens (tertiary/aromatic N) is 2. The first-order valence-corrected chi connectivity index (χ1v) is 8.77. The zero-order valence-electron chi connectivity index (χ0n) is 10.8. The summed E-state index contributed by atoms with van der Waals surface area (Å²) in [6, 6.07) is 13.8. The van der Waals surface area contributed by atoms with E-state index >= 15 is 0 Å². The molecule has 0 radical (unpaired) electrons. The van der Waals surface area contributed by atoms with Crippen molar-refractivity contribution in [3.63, 3.8) is 0 Å². The van der Waals surface area contributed by atoms with Gasteiger partial charge in [0.2, 0.25) is 0 Å².